The normalized spacial score (nSPS) is 10.5. The number of methoxy groups -OCH3 is 1. The zero-order valence-corrected chi connectivity index (χ0v) is 14.1. The van der Waals surface area contributed by atoms with Gasteiger partial charge >= 0.3 is 0 Å². The number of amides is 2. The van der Waals surface area contributed by atoms with Crippen LogP contribution in [0.5, 0.6) is 11.5 Å². The van der Waals surface area contributed by atoms with Crippen LogP contribution < -0.4 is 15.5 Å². The summed E-state index contributed by atoms with van der Waals surface area (Å²) in [6, 6.07) is 11.1. The standard InChI is InChI=1S/C17H16ClN3O4/c1-25-15-5-3-2-4-13(15)17(24)19-10-16(23)21-20-9-11-8-12(18)6-7-14(11)22/h2-9,22H,10H2,1H3,(H,19,24)(H,21,23)/b20-9+. The molecule has 2 rings (SSSR count). The van der Waals surface area contributed by atoms with Gasteiger partial charge in [-0.25, -0.2) is 5.43 Å². The third-order valence-electron chi connectivity index (χ3n) is 3.14. The van der Waals surface area contributed by atoms with Gasteiger partial charge in [0.25, 0.3) is 11.8 Å². The Kier molecular flexibility index (Phi) is 6.36. The third kappa shape index (κ3) is 5.22. The van der Waals surface area contributed by atoms with Crippen molar-refractivity contribution in [2.75, 3.05) is 13.7 Å². The van der Waals surface area contributed by atoms with E-state index in [1.54, 1.807) is 24.3 Å². The van der Waals surface area contributed by atoms with Crippen LogP contribution in [0.1, 0.15) is 15.9 Å². The Labute approximate surface area is 149 Å². The first-order valence-corrected chi connectivity index (χ1v) is 7.60. The van der Waals surface area contributed by atoms with Crippen LogP contribution in [-0.4, -0.2) is 36.8 Å². The second kappa shape index (κ2) is 8.70. The van der Waals surface area contributed by atoms with Gasteiger partial charge in [-0.05, 0) is 30.3 Å². The molecular weight excluding hydrogens is 346 g/mol. The summed E-state index contributed by atoms with van der Waals surface area (Å²) in [6.45, 7) is -0.268. The van der Waals surface area contributed by atoms with E-state index in [1.807, 2.05) is 0 Å². The van der Waals surface area contributed by atoms with Gasteiger partial charge in [-0.15, -0.1) is 0 Å². The fraction of sp³-hybridized carbons (Fsp3) is 0.118. The van der Waals surface area contributed by atoms with Crippen molar-refractivity contribution >= 4 is 29.6 Å². The quantitative estimate of drug-likeness (QED) is 0.540. The highest BCUT2D eigenvalue weighted by atomic mass is 35.5. The molecule has 0 aliphatic heterocycles. The lowest BCUT2D eigenvalue weighted by Crippen LogP contribution is -2.35. The van der Waals surface area contributed by atoms with Crippen LogP contribution in [0.15, 0.2) is 47.6 Å². The van der Waals surface area contributed by atoms with Crippen LogP contribution in [0.25, 0.3) is 0 Å². The number of rotatable bonds is 6. The second-order valence-electron chi connectivity index (χ2n) is 4.88. The molecule has 0 bridgehead atoms. The van der Waals surface area contributed by atoms with Crippen molar-refractivity contribution in [3.8, 4) is 11.5 Å². The maximum absolute atomic E-state index is 12.0. The lowest BCUT2D eigenvalue weighted by atomic mass is 10.2. The van der Waals surface area contributed by atoms with Crippen molar-refractivity contribution in [1.29, 1.82) is 0 Å². The van der Waals surface area contributed by atoms with Gasteiger partial charge < -0.3 is 15.2 Å². The topological polar surface area (TPSA) is 100 Å². The Bertz CT molecular complexity index is 808. The highest BCUT2D eigenvalue weighted by Gasteiger charge is 2.12. The first kappa shape index (κ1) is 18.3. The lowest BCUT2D eigenvalue weighted by molar-refractivity contribution is -0.120. The number of nitrogens with one attached hydrogen (secondary N) is 2. The van der Waals surface area contributed by atoms with Crippen LogP contribution in [0, 0.1) is 0 Å². The van der Waals surface area contributed by atoms with E-state index in [1.165, 1.54) is 31.5 Å². The summed E-state index contributed by atoms with van der Waals surface area (Å²) in [6.07, 6.45) is 1.25. The number of benzene rings is 2. The molecule has 0 spiro atoms. The number of halogens is 1. The molecule has 7 nitrogen and oxygen atoms in total. The number of phenolic OH excluding ortho intramolecular Hbond substituents is 1. The summed E-state index contributed by atoms with van der Waals surface area (Å²) in [5.41, 5.74) is 2.92. The van der Waals surface area contributed by atoms with Crippen molar-refractivity contribution in [2.45, 2.75) is 0 Å². The highest BCUT2D eigenvalue weighted by Crippen LogP contribution is 2.19. The molecule has 0 saturated carbocycles. The lowest BCUT2D eigenvalue weighted by Gasteiger charge is -2.08. The third-order valence-corrected chi connectivity index (χ3v) is 3.38. The second-order valence-corrected chi connectivity index (χ2v) is 5.32. The molecule has 130 valence electrons. The fourth-order valence-corrected chi connectivity index (χ4v) is 2.11. The van der Waals surface area contributed by atoms with E-state index in [-0.39, 0.29) is 12.3 Å². The van der Waals surface area contributed by atoms with Crippen LogP contribution >= 0.6 is 11.6 Å². The van der Waals surface area contributed by atoms with Gasteiger partial charge in [0.1, 0.15) is 11.5 Å². The van der Waals surface area contributed by atoms with Crippen LogP contribution in [0.3, 0.4) is 0 Å². The number of carbonyl (C=O) groups is 2. The maximum Gasteiger partial charge on any atom is 0.259 e. The number of phenols is 1. The van der Waals surface area contributed by atoms with Crippen molar-refractivity contribution in [2.24, 2.45) is 5.10 Å². The van der Waals surface area contributed by atoms with Gasteiger partial charge in [-0.1, -0.05) is 23.7 Å². The molecule has 2 aromatic carbocycles. The van der Waals surface area contributed by atoms with E-state index in [9.17, 15) is 14.7 Å². The van der Waals surface area contributed by atoms with Gasteiger partial charge in [0.2, 0.25) is 0 Å². The van der Waals surface area contributed by atoms with Gasteiger partial charge in [0, 0.05) is 10.6 Å². The summed E-state index contributed by atoms with van der Waals surface area (Å²) in [4.78, 5) is 23.8. The van der Waals surface area contributed by atoms with Crippen molar-refractivity contribution in [1.82, 2.24) is 10.7 Å². The van der Waals surface area contributed by atoms with Crippen molar-refractivity contribution in [3.05, 3.63) is 58.6 Å². The summed E-state index contributed by atoms with van der Waals surface area (Å²) in [5, 5.41) is 16.2. The zero-order chi connectivity index (χ0) is 18.2. The predicted molar refractivity (Wildman–Crippen MR) is 94.2 cm³/mol. The molecule has 0 aliphatic rings. The molecular formula is C17H16ClN3O4. The number of carbonyl (C=O) groups excluding carboxylic acids is 2. The Hall–Kier alpha value is -3.06. The minimum Gasteiger partial charge on any atom is -0.507 e. The Balaban J connectivity index is 1.87. The van der Waals surface area contributed by atoms with E-state index >= 15 is 0 Å². The monoisotopic (exact) mass is 361 g/mol. The highest BCUT2D eigenvalue weighted by molar-refractivity contribution is 6.30. The molecule has 0 atom stereocenters. The number of aromatic hydroxyl groups is 1. The molecule has 3 N–H and O–H groups in total. The van der Waals surface area contributed by atoms with E-state index in [4.69, 9.17) is 16.3 Å². The molecule has 0 saturated heterocycles. The summed E-state index contributed by atoms with van der Waals surface area (Å²) >= 11 is 5.81. The molecule has 2 amide bonds. The molecule has 0 unspecified atom stereocenters. The summed E-state index contributed by atoms with van der Waals surface area (Å²) in [5.74, 6) is -0.577. The average Bonchev–Trinajstić information content (AvgIpc) is 2.62. The van der Waals surface area contributed by atoms with Gasteiger partial charge in [0.05, 0.1) is 25.4 Å². The van der Waals surface area contributed by atoms with Crippen LogP contribution in [0.2, 0.25) is 5.02 Å². The largest absolute Gasteiger partial charge is 0.507 e. The number of hydrogen-bond donors (Lipinski definition) is 3. The van der Waals surface area contributed by atoms with E-state index in [2.05, 4.69) is 15.8 Å². The molecule has 8 heteroatoms. The number of hydrazone groups is 1. The Morgan fingerprint density at radius 1 is 1.28 bits per heavy atom. The zero-order valence-electron chi connectivity index (χ0n) is 13.3. The molecule has 0 fully saturated rings. The summed E-state index contributed by atoms with van der Waals surface area (Å²) in [7, 11) is 1.46. The molecule has 0 aromatic heterocycles. The number of hydrogen-bond acceptors (Lipinski definition) is 5. The first-order valence-electron chi connectivity index (χ1n) is 7.23. The molecule has 25 heavy (non-hydrogen) atoms. The first-order chi connectivity index (χ1) is 12.0. The molecule has 0 heterocycles. The maximum atomic E-state index is 12.0. The Morgan fingerprint density at radius 3 is 2.80 bits per heavy atom. The predicted octanol–water partition coefficient (Wildman–Crippen LogP) is 1.93. The van der Waals surface area contributed by atoms with Gasteiger partial charge in [0.15, 0.2) is 0 Å². The van der Waals surface area contributed by atoms with Crippen molar-refractivity contribution in [3.63, 3.8) is 0 Å². The average molecular weight is 362 g/mol. The SMILES string of the molecule is COc1ccccc1C(=O)NCC(=O)N/N=C/c1cc(Cl)ccc1O. The van der Waals surface area contributed by atoms with Gasteiger partial charge in [-0.2, -0.15) is 5.10 Å². The minimum absolute atomic E-state index is 0.0214. The molecule has 2 aromatic rings. The summed E-state index contributed by atoms with van der Waals surface area (Å²) < 4.78 is 5.09. The van der Waals surface area contributed by atoms with Gasteiger partial charge in [-0.3, -0.25) is 9.59 Å². The van der Waals surface area contributed by atoms with E-state index in [0.717, 1.165) is 0 Å². The van der Waals surface area contributed by atoms with Crippen LogP contribution in [-0.2, 0) is 4.79 Å². The smallest absolute Gasteiger partial charge is 0.259 e. The minimum atomic E-state index is -0.527. The fourth-order valence-electron chi connectivity index (χ4n) is 1.93. The number of ether oxygens (including phenoxy) is 1. The number of nitrogens with zero attached hydrogens (tertiary/aromatic N) is 1. The molecule has 0 radical (unpaired) electrons. The van der Waals surface area contributed by atoms with E-state index in [0.29, 0.717) is 21.9 Å². The number of para-hydroxylation sites is 1. The van der Waals surface area contributed by atoms with Crippen LogP contribution in [0.4, 0.5) is 0 Å². The Morgan fingerprint density at radius 2 is 2.04 bits per heavy atom. The van der Waals surface area contributed by atoms with Crippen molar-refractivity contribution < 1.29 is 19.4 Å². The molecule has 0 aliphatic carbocycles. The van der Waals surface area contributed by atoms with E-state index < -0.39 is 11.8 Å².